The van der Waals surface area contributed by atoms with Crippen molar-refractivity contribution in [3.63, 3.8) is 0 Å². The fourth-order valence-corrected chi connectivity index (χ4v) is 2.13. The second-order valence-corrected chi connectivity index (χ2v) is 4.69. The van der Waals surface area contributed by atoms with E-state index in [9.17, 15) is 0 Å². The first kappa shape index (κ1) is 19.8. The van der Waals surface area contributed by atoms with Crippen LogP contribution in [-0.4, -0.2) is 24.2 Å². The Kier molecular flexibility index (Phi) is 11.3. The third-order valence-electron chi connectivity index (χ3n) is 2.54. The molecule has 0 unspecified atom stereocenters. The molecule has 0 fully saturated rings. The third-order valence-corrected chi connectivity index (χ3v) is 3.35. The molecule has 1 heterocycles. The zero-order valence-electron chi connectivity index (χ0n) is 13.7. The van der Waals surface area contributed by atoms with Crippen molar-refractivity contribution in [2.45, 2.75) is 18.7 Å². The highest BCUT2D eigenvalue weighted by Crippen LogP contribution is 2.19. The molecule has 0 radical (unpaired) electrons. The van der Waals surface area contributed by atoms with Gasteiger partial charge < -0.3 is 0 Å². The van der Waals surface area contributed by atoms with Crippen LogP contribution < -0.4 is 4.67 Å². The smallest absolute Gasteiger partial charge is 0.227 e. The Balaban J connectivity index is 0.000000360. The molecule has 116 valence electrons. The van der Waals surface area contributed by atoms with Gasteiger partial charge in [0.05, 0.1) is 6.20 Å². The zero-order chi connectivity index (χ0) is 16.8. The minimum atomic E-state index is 0.898. The van der Waals surface area contributed by atoms with Gasteiger partial charge in [0.2, 0.25) is 0 Å². The molecule has 2 rings (SSSR count). The number of hydrogen-bond acceptors (Lipinski definition) is 1. The van der Waals surface area contributed by atoms with E-state index >= 15 is 0 Å². The van der Waals surface area contributed by atoms with E-state index in [0.29, 0.717) is 0 Å². The van der Waals surface area contributed by atoms with E-state index in [-0.39, 0.29) is 0 Å². The van der Waals surface area contributed by atoms with Crippen molar-refractivity contribution in [3.05, 3.63) is 73.1 Å². The number of rotatable bonds is 3. The number of allylic oxidation sites excluding steroid dienone is 3. The largest absolute Gasteiger partial charge is 0.341 e. The fourth-order valence-electron chi connectivity index (χ4n) is 1.53. The van der Waals surface area contributed by atoms with Crippen molar-refractivity contribution in [1.82, 2.24) is 9.57 Å². The lowest BCUT2D eigenvalue weighted by molar-refractivity contribution is 0.732. The molecule has 1 aliphatic heterocycles. The van der Waals surface area contributed by atoms with E-state index in [2.05, 4.69) is 42.9 Å². The minimum absolute atomic E-state index is 0.898. The standard InChI is InChI=1S/C9H10S.C8H9N2.C2H6/c1-3-8-6-4-5-7-9(8)10-2;1-8-5-3-4-6-10(8)7-9-2;1-2/h3-7H,1H2,2H3;3-7H,1-2H2;1-2H3/q;+1;. The van der Waals surface area contributed by atoms with E-state index in [1.165, 1.54) is 10.5 Å². The first-order valence-electron chi connectivity index (χ1n) is 7.09. The van der Waals surface area contributed by atoms with Crippen molar-refractivity contribution in [2.24, 2.45) is 0 Å². The molecule has 0 atom stereocenters. The Morgan fingerprint density at radius 2 is 1.86 bits per heavy atom. The van der Waals surface area contributed by atoms with Gasteiger partial charge in [-0.05, 0) is 30.0 Å². The molecule has 1 aliphatic rings. The zero-order valence-corrected chi connectivity index (χ0v) is 14.5. The number of nitrogens with zero attached hydrogens (tertiary/aromatic N) is 2. The van der Waals surface area contributed by atoms with Gasteiger partial charge in [0.1, 0.15) is 5.70 Å². The Hall–Kier alpha value is -2.22. The lowest BCUT2D eigenvalue weighted by Crippen LogP contribution is -2.14. The van der Waals surface area contributed by atoms with Crippen molar-refractivity contribution in [3.8, 4) is 0 Å². The molecule has 0 spiro atoms. The number of thioether (sulfide) groups is 1. The molecule has 3 heteroatoms. The molecule has 22 heavy (non-hydrogen) atoms. The lowest BCUT2D eigenvalue weighted by atomic mass is 10.2. The first-order chi connectivity index (χ1) is 10.7. The quantitative estimate of drug-likeness (QED) is 0.346. The molecule has 0 saturated carbocycles. The van der Waals surface area contributed by atoms with Gasteiger partial charge in [0.15, 0.2) is 6.72 Å². The van der Waals surface area contributed by atoms with Gasteiger partial charge in [-0.15, -0.1) is 11.8 Å². The van der Waals surface area contributed by atoms with Gasteiger partial charge in [0.25, 0.3) is 0 Å². The Bertz CT molecular complexity index is 579. The van der Waals surface area contributed by atoms with Crippen LogP contribution in [0.5, 0.6) is 0 Å². The fraction of sp³-hybridized carbons (Fsp3) is 0.158. The monoisotopic (exact) mass is 313 g/mol. The second kappa shape index (κ2) is 12.5. The van der Waals surface area contributed by atoms with Crippen LogP contribution in [0.1, 0.15) is 19.4 Å². The summed E-state index contributed by atoms with van der Waals surface area (Å²) in [4.78, 5) is 3.09. The van der Waals surface area contributed by atoms with Crippen LogP contribution in [0.15, 0.2) is 72.4 Å². The molecule has 0 aliphatic carbocycles. The van der Waals surface area contributed by atoms with Gasteiger partial charge in [-0.1, -0.05) is 57.4 Å². The van der Waals surface area contributed by atoms with Gasteiger partial charge in [0, 0.05) is 4.90 Å². The molecule has 2 nitrogen and oxygen atoms in total. The van der Waals surface area contributed by atoms with Crippen LogP contribution in [0, 0.1) is 0 Å². The van der Waals surface area contributed by atoms with Crippen molar-refractivity contribution in [2.75, 3.05) is 6.26 Å². The Morgan fingerprint density at radius 1 is 1.18 bits per heavy atom. The SMILES string of the molecule is C=Cc1ccccc1SC.C=[N+]=CN1C=CC=CC1=C.CC. The maximum absolute atomic E-state index is 3.78. The van der Waals surface area contributed by atoms with Gasteiger partial charge >= 0.3 is 6.34 Å². The highest BCUT2D eigenvalue weighted by atomic mass is 32.2. The molecule has 0 bridgehead atoms. The van der Waals surface area contributed by atoms with E-state index in [4.69, 9.17) is 0 Å². The van der Waals surface area contributed by atoms with E-state index in [0.717, 1.165) is 5.70 Å². The summed E-state index contributed by atoms with van der Waals surface area (Å²) >= 11 is 1.75. The van der Waals surface area contributed by atoms with Gasteiger partial charge in [-0.3, -0.25) is 0 Å². The maximum atomic E-state index is 3.78. The topological polar surface area (TPSA) is 17.3 Å². The molecule has 0 N–H and O–H groups in total. The predicted molar refractivity (Wildman–Crippen MR) is 104 cm³/mol. The molecular formula is C19H25N2S+. The molecule has 1 aromatic carbocycles. The summed E-state index contributed by atoms with van der Waals surface area (Å²) in [7, 11) is 0. The average Bonchev–Trinajstić information content (AvgIpc) is 2.59. The summed E-state index contributed by atoms with van der Waals surface area (Å²) in [6, 6.07) is 8.23. The molecule has 0 saturated heterocycles. The summed E-state index contributed by atoms with van der Waals surface area (Å²) in [5, 5.41) is 0. The van der Waals surface area contributed by atoms with Crippen LogP contribution in [0.2, 0.25) is 0 Å². The normalized spacial score (nSPS) is 11.4. The summed E-state index contributed by atoms with van der Waals surface area (Å²) in [6.07, 6.45) is 13.2. The summed E-state index contributed by atoms with van der Waals surface area (Å²) in [6.45, 7) is 14.9. The number of benzene rings is 1. The van der Waals surface area contributed by atoms with E-state index in [1.807, 2.05) is 56.5 Å². The molecular weight excluding hydrogens is 288 g/mol. The van der Waals surface area contributed by atoms with E-state index < -0.39 is 0 Å². The minimum Gasteiger partial charge on any atom is -0.227 e. The molecule has 0 amide bonds. The van der Waals surface area contributed by atoms with Crippen LogP contribution >= 0.6 is 11.8 Å². The predicted octanol–water partition coefficient (Wildman–Crippen LogP) is 4.76. The van der Waals surface area contributed by atoms with Crippen molar-refractivity contribution >= 4 is 30.9 Å². The Morgan fingerprint density at radius 3 is 2.36 bits per heavy atom. The van der Waals surface area contributed by atoms with Crippen LogP contribution in [0.3, 0.4) is 0 Å². The average molecular weight is 313 g/mol. The Labute approximate surface area is 139 Å². The second-order valence-electron chi connectivity index (χ2n) is 3.84. The molecule has 1 aromatic rings. The maximum Gasteiger partial charge on any atom is 0.341 e. The number of hydrogen-bond donors (Lipinski definition) is 0. The van der Waals surface area contributed by atoms with Gasteiger partial charge in [-0.2, -0.15) is 4.90 Å². The molecule has 0 aromatic heterocycles. The first-order valence-corrected chi connectivity index (χ1v) is 8.32. The summed E-state index contributed by atoms with van der Waals surface area (Å²) in [5.74, 6) is 0. The van der Waals surface area contributed by atoms with Gasteiger partial charge in [-0.25, -0.2) is 4.67 Å². The van der Waals surface area contributed by atoms with Crippen molar-refractivity contribution in [1.29, 1.82) is 0 Å². The summed E-state index contributed by atoms with van der Waals surface area (Å²) in [5.41, 5.74) is 2.12. The lowest BCUT2D eigenvalue weighted by Gasteiger charge is -2.05. The van der Waals surface area contributed by atoms with E-state index in [1.54, 1.807) is 23.0 Å². The highest BCUT2D eigenvalue weighted by Gasteiger charge is 2.07. The third kappa shape index (κ3) is 6.98. The van der Waals surface area contributed by atoms with Crippen LogP contribution in [-0.2, 0) is 0 Å². The van der Waals surface area contributed by atoms with Crippen molar-refractivity contribution < 1.29 is 0 Å². The summed E-state index contributed by atoms with van der Waals surface area (Å²) < 4.78 is 3.61. The van der Waals surface area contributed by atoms with Crippen LogP contribution in [0.25, 0.3) is 6.08 Å². The van der Waals surface area contributed by atoms with Crippen LogP contribution in [0.4, 0.5) is 0 Å². The highest BCUT2D eigenvalue weighted by molar-refractivity contribution is 7.98.